The Morgan fingerprint density at radius 2 is 1.85 bits per heavy atom. The summed E-state index contributed by atoms with van der Waals surface area (Å²) in [6.45, 7) is 0. The molecule has 0 bridgehead atoms. The molecule has 0 aliphatic rings. The molecule has 0 heterocycles. The maximum atomic E-state index is 11.0. The Kier molecular flexibility index (Phi) is 2.95. The normalized spacial score (nSPS) is 10.5. The summed E-state index contributed by atoms with van der Waals surface area (Å²) in [5.41, 5.74) is 0.599. The summed E-state index contributed by atoms with van der Waals surface area (Å²) in [6.07, 6.45) is 1.02. The van der Waals surface area contributed by atoms with E-state index in [2.05, 4.69) is 4.40 Å². The molecule has 0 fully saturated rings. The summed E-state index contributed by atoms with van der Waals surface area (Å²) in [5.74, 6) is -0.261. The number of carbonyl (C=O) groups excluding carboxylic acids is 1. The number of hydrogen-bond acceptors (Lipinski definition) is 3. The van der Waals surface area contributed by atoms with Gasteiger partial charge in [-0.1, -0.05) is 34.7 Å². The Hall–Kier alpha value is -1.45. The molecule has 0 saturated carbocycles. The third kappa shape index (κ3) is 3.19. The average molecular weight is 197 g/mol. The quantitative estimate of drug-likeness (QED) is 0.533. The zero-order chi connectivity index (χ0) is 9.73. The molecule has 0 aromatic heterocycles. The standard InChI is InChI=1S/C8H7NO3S/c10-7-9-13(11,12)6-8-4-2-1-3-5-8/h1-5H,6H2. The van der Waals surface area contributed by atoms with Gasteiger partial charge in [-0.15, -0.1) is 0 Å². The Balaban J connectivity index is 2.88. The molecule has 0 aliphatic heterocycles. The summed E-state index contributed by atoms with van der Waals surface area (Å²) >= 11 is 0. The number of sulfonamides is 1. The van der Waals surface area contributed by atoms with Crippen molar-refractivity contribution in [1.29, 1.82) is 0 Å². The summed E-state index contributed by atoms with van der Waals surface area (Å²) in [6, 6.07) is 8.51. The third-order valence-corrected chi connectivity index (χ3v) is 2.42. The lowest BCUT2D eigenvalue weighted by atomic mass is 10.2. The van der Waals surface area contributed by atoms with E-state index in [9.17, 15) is 13.2 Å². The second kappa shape index (κ2) is 3.98. The van der Waals surface area contributed by atoms with Crippen molar-refractivity contribution < 1.29 is 13.2 Å². The van der Waals surface area contributed by atoms with Gasteiger partial charge in [0.2, 0.25) is 0 Å². The second-order valence-electron chi connectivity index (χ2n) is 2.39. The summed E-state index contributed by atoms with van der Waals surface area (Å²) in [7, 11) is -3.68. The molecule has 4 nitrogen and oxygen atoms in total. The average Bonchev–Trinajstić information content (AvgIpc) is 2.04. The van der Waals surface area contributed by atoms with Crippen LogP contribution >= 0.6 is 0 Å². The van der Waals surface area contributed by atoms with E-state index in [0.717, 1.165) is 6.08 Å². The van der Waals surface area contributed by atoms with Crippen LogP contribution in [0.15, 0.2) is 34.7 Å². The van der Waals surface area contributed by atoms with Gasteiger partial charge in [-0.05, 0) is 5.56 Å². The summed E-state index contributed by atoms with van der Waals surface area (Å²) < 4.78 is 24.7. The second-order valence-corrected chi connectivity index (χ2v) is 4.03. The Bertz CT molecular complexity index is 418. The molecule has 0 N–H and O–H groups in total. The molecule has 1 rings (SSSR count). The van der Waals surface area contributed by atoms with Gasteiger partial charge < -0.3 is 0 Å². The van der Waals surface area contributed by atoms with Gasteiger partial charge in [0, 0.05) is 0 Å². The third-order valence-electron chi connectivity index (χ3n) is 1.37. The molecular formula is C8H7NO3S. The van der Waals surface area contributed by atoms with E-state index in [1.165, 1.54) is 0 Å². The SMILES string of the molecule is O=C=NS(=O)(=O)Cc1ccccc1. The molecule has 0 aliphatic carbocycles. The summed E-state index contributed by atoms with van der Waals surface area (Å²) in [5, 5.41) is 0. The van der Waals surface area contributed by atoms with Crippen LogP contribution in [0.4, 0.5) is 0 Å². The maximum absolute atomic E-state index is 11.0. The van der Waals surface area contributed by atoms with Gasteiger partial charge >= 0.3 is 0 Å². The predicted octanol–water partition coefficient (Wildman–Crippen LogP) is 0.852. The molecule has 1 aromatic rings. The fraction of sp³-hybridized carbons (Fsp3) is 0.125. The molecular weight excluding hydrogens is 190 g/mol. The molecule has 1 aromatic carbocycles. The van der Waals surface area contributed by atoms with Gasteiger partial charge in [0.25, 0.3) is 16.1 Å². The highest BCUT2D eigenvalue weighted by atomic mass is 32.2. The van der Waals surface area contributed by atoms with Crippen molar-refractivity contribution in [1.82, 2.24) is 0 Å². The first-order valence-electron chi connectivity index (χ1n) is 3.50. The highest BCUT2D eigenvalue weighted by molar-refractivity contribution is 7.89. The molecule has 0 spiro atoms. The zero-order valence-electron chi connectivity index (χ0n) is 6.67. The van der Waals surface area contributed by atoms with E-state index in [0.29, 0.717) is 5.56 Å². The molecule has 0 atom stereocenters. The van der Waals surface area contributed by atoms with Crippen molar-refractivity contribution in [2.24, 2.45) is 4.40 Å². The predicted molar refractivity (Wildman–Crippen MR) is 47.2 cm³/mol. The van der Waals surface area contributed by atoms with Gasteiger partial charge in [-0.25, -0.2) is 13.2 Å². The maximum Gasteiger partial charge on any atom is 0.267 e. The van der Waals surface area contributed by atoms with Crippen LogP contribution in [-0.2, 0) is 20.6 Å². The van der Waals surface area contributed by atoms with Crippen LogP contribution in [0.5, 0.6) is 0 Å². The minimum atomic E-state index is -3.68. The first-order chi connectivity index (χ1) is 6.14. The lowest BCUT2D eigenvalue weighted by Crippen LogP contribution is -1.99. The van der Waals surface area contributed by atoms with Crippen molar-refractivity contribution in [2.75, 3.05) is 0 Å². The number of rotatable bonds is 3. The van der Waals surface area contributed by atoms with Gasteiger partial charge in [-0.2, -0.15) is 0 Å². The number of hydrogen-bond donors (Lipinski definition) is 0. The summed E-state index contributed by atoms with van der Waals surface area (Å²) in [4.78, 5) is 9.74. The van der Waals surface area contributed by atoms with Crippen LogP contribution in [0.3, 0.4) is 0 Å². The van der Waals surface area contributed by atoms with E-state index in [1.807, 2.05) is 0 Å². The van der Waals surface area contributed by atoms with Crippen molar-refractivity contribution in [3.8, 4) is 0 Å². The van der Waals surface area contributed by atoms with Crippen LogP contribution in [0, 0.1) is 0 Å². The van der Waals surface area contributed by atoms with Crippen molar-refractivity contribution in [2.45, 2.75) is 5.75 Å². The zero-order valence-corrected chi connectivity index (χ0v) is 7.49. The molecule has 5 heteroatoms. The topological polar surface area (TPSA) is 63.6 Å². The van der Waals surface area contributed by atoms with Crippen molar-refractivity contribution in [3.05, 3.63) is 35.9 Å². The van der Waals surface area contributed by atoms with Gasteiger partial charge in [-0.3, -0.25) is 0 Å². The highest BCUT2D eigenvalue weighted by Gasteiger charge is 2.08. The van der Waals surface area contributed by atoms with Gasteiger partial charge in [0.1, 0.15) is 0 Å². The van der Waals surface area contributed by atoms with E-state index in [4.69, 9.17) is 0 Å². The first kappa shape index (κ1) is 9.64. The Morgan fingerprint density at radius 1 is 1.23 bits per heavy atom. The molecule has 0 amide bonds. The van der Waals surface area contributed by atoms with Crippen LogP contribution < -0.4 is 0 Å². The minimum absolute atomic E-state index is 0.261. The highest BCUT2D eigenvalue weighted by Crippen LogP contribution is 2.05. The Morgan fingerprint density at radius 3 is 2.38 bits per heavy atom. The van der Waals surface area contributed by atoms with Crippen molar-refractivity contribution in [3.63, 3.8) is 0 Å². The van der Waals surface area contributed by atoms with E-state index >= 15 is 0 Å². The van der Waals surface area contributed by atoms with Crippen LogP contribution in [0.2, 0.25) is 0 Å². The van der Waals surface area contributed by atoms with Crippen LogP contribution in [-0.4, -0.2) is 14.5 Å². The number of benzene rings is 1. The fourth-order valence-electron chi connectivity index (χ4n) is 0.874. The minimum Gasteiger partial charge on any atom is -0.210 e. The number of isocyanates is 1. The van der Waals surface area contributed by atoms with E-state index in [-0.39, 0.29) is 5.75 Å². The van der Waals surface area contributed by atoms with Crippen LogP contribution in [0.25, 0.3) is 0 Å². The monoisotopic (exact) mass is 197 g/mol. The van der Waals surface area contributed by atoms with Gasteiger partial charge in [0.15, 0.2) is 0 Å². The number of nitrogens with zero attached hydrogens (tertiary/aromatic N) is 1. The van der Waals surface area contributed by atoms with E-state index in [1.54, 1.807) is 30.3 Å². The Labute approximate surface area is 76.0 Å². The molecule has 0 radical (unpaired) electrons. The van der Waals surface area contributed by atoms with Crippen molar-refractivity contribution >= 4 is 16.1 Å². The molecule has 0 unspecified atom stereocenters. The van der Waals surface area contributed by atoms with Gasteiger partial charge in [0.05, 0.1) is 5.75 Å². The fourth-order valence-corrected chi connectivity index (χ4v) is 1.67. The molecule has 13 heavy (non-hydrogen) atoms. The smallest absolute Gasteiger partial charge is 0.210 e. The van der Waals surface area contributed by atoms with Crippen LogP contribution in [0.1, 0.15) is 5.56 Å². The lowest BCUT2D eigenvalue weighted by Gasteiger charge is -1.95. The van der Waals surface area contributed by atoms with E-state index < -0.39 is 10.0 Å². The first-order valence-corrected chi connectivity index (χ1v) is 5.11. The molecule has 68 valence electrons. The molecule has 0 saturated heterocycles. The largest absolute Gasteiger partial charge is 0.267 e. The lowest BCUT2D eigenvalue weighted by molar-refractivity contribution is 0.563.